The average molecular weight is 254 g/mol. The van der Waals surface area contributed by atoms with E-state index in [0.29, 0.717) is 5.69 Å². The van der Waals surface area contributed by atoms with Crippen molar-refractivity contribution in [1.29, 1.82) is 0 Å². The van der Waals surface area contributed by atoms with Crippen molar-refractivity contribution in [3.8, 4) is 0 Å². The molecule has 1 aromatic heterocycles. The van der Waals surface area contributed by atoms with Gasteiger partial charge in [-0.1, -0.05) is 0 Å². The second-order valence-electron chi connectivity index (χ2n) is 4.62. The standard InChI is InChI=1S/C12H18N2O2S/c1-7-11(13-8(2)17-7)12(16)14-9-3-5-10(15)6-4-9/h9-10,15H,3-6H2,1-2H3,(H,14,16). The zero-order valence-electron chi connectivity index (χ0n) is 10.2. The molecule has 2 rings (SSSR count). The first-order chi connectivity index (χ1) is 8.06. The fourth-order valence-electron chi connectivity index (χ4n) is 2.21. The van der Waals surface area contributed by atoms with Crippen LogP contribution in [0.2, 0.25) is 0 Å². The number of nitrogens with one attached hydrogen (secondary N) is 1. The van der Waals surface area contributed by atoms with Gasteiger partial charge in [-0.3, -0.25) is 4.79 Å². The van der Waals surface area contributed by atoms with Gasteiger partial charge in [-0.25, -0.2) is 4.98 Å². The fourth-order valence-corrected chi connectivity index (χ4v) is 3.03. The molecule has 94 valence electrons. The zero-order chi connectivity index (χ0) is 12.4. The van der Waals surface area contributed by atoms with E-state index < -0.39 is 0 Å². The molecule has 1 amide bonds. The zero-order valence-corrected chi connectivity index (χ0v) is 11.0. The van der Waals surface area contributed by atoms with E-state index in [2.05, 4.69) is 10.3 Å². The predicted octanol–water partition coefficient (Wildman–Crippen LogP) is 1.79. The number of rotatable bonds is 2. The molecule has 0 spiro atoms. The van der Waals surface area contributed by atoms with Crippen molar-refractivity contribution >= 4 is 17.2 Å². The molecule has 1 saturated carbocycles. The topological polar surface area (TPSA) is 62.2 Å². The second-order valence-corrected chi connectivity index (χ2v) is 6.02. The van der Waals surface area contributed by atoms with Gasteiger partial charge in [0.05, 0.1) is 11.1 Å². The average Bonchev–Trinajstić information content (AvgIpc) is 2.61. The molecule has 0 aromatic carbocycles. The van der Waals surface area contributed by atoms with E-state index in [1.807, 2.05) is 13.8 Å². The van der Waals surface area contributed by atoms with Crippen molar-refractivity contribution in [2.45, 2.75) is 51.7 Å². The summed E-state index contributed by atoms with van der Waals surface area (Å²) in [7, 11) is 0. The van der Waals surface area contributed by atoms with E-state index in [0.717, 1.165) is 35.6 Å². The van der Waals surface area contributed by atoms with Crippen LogP contribution in [0.4, 0.5) is 0 Å². The summed E-state index contributed by atoms with van der Waals surface area (Å²) in [5, 5.41) is 13.3. The van der Waals surface area contributed by atoms with Gasteiger partial charge >= 0.3 is 0 Å². The highest BCUT2D eigenvalue weighted by Gasteiger charge is 2.22. The lowest BCUT2D eigenvalue weighted by molar-refractivity contribution is 0.0863. The first kappa shape index (κ1) is 12.5. The molecule has 1 aliphatic carbocycles. The first-order valence-corrected chi connectivity index (χ1v) is 6.81. The van der Waals surface area contributed by atoms with Crippen LogP contribution in [0.15, 0.2) is 0 Å². The van der Waals surface area contributed by atoms with Crippen LogP contribution in [0.1, 0.15) is 46.1 Å². The number of carbonyl (C=O) groups excluding carboxylic acids is 1. The van der Waals surface area contributed by atoms with Gasteiger partial charge in [-0.2, -0.15) is 0 Å². The van der Waals surface area contributed by atoms with E-state index in [1.54, 1.807) is 11.3 Å². The van der Waals surface area contributed by atoms with Crippen molar-refractivity contribution in [2.24, 2.45) is 0 Å². The van der Waals surface area contributed by atoms with Gasteiger partial charge in [-0.05, 0) is 39.5 Å². The summed E-state index contributed by atoms with van der Waals surface area (Å²) in [6.07, 6.45) is 3.08. The molecule has 1 aliphatic rings. The monoisotopic (exact) mass is 254 g/mol. The molecule has 0 atom stereocenters. The van der Waals surface area contributed by atoms with E-state index in [9.17, 15) is 9.90 Å². The lowest BCUT2D eigenvalue weighted by Gasteiger charge is -2.25. The summed E-state index contributed by atoms with van der Waals surface area (Å²) in [4.78, 5) is 17.2. The van der Waals surface area contributed by atoms with Crippen LogP contribution in [0.3, 0.4) is 0 Å². The third-order valence-electron chi connectivity index (χ3n) is 3.15. The first-order valence-electron chi connectivity index (χ1n) is 5.99. The Kier molecular flexibility index (Phi) is 3.79. The van der Waals surface area contributed by atoms with Gasteiger partial charge in [0, 0.05) is 10.9 Å². The molecule has 0 saturated heterocycles. The largest absolute Gasteiger partial charge is 0.393 e. The lowest BCUT2D eigenvalue weighted by Crippen LogP contribution is -2.38. The minimum absolute atomic E-state index is 0.0757. The van der Waals surface area contributed by atoms with Gasteiger partial charge in [0.15, 0.2) is 0 Å². The van der Waals surface area contributed by atoms with Crippen LogP contribution < -0.4 is 5.32 Å². The van der Waals surface area contributed by atoms with Crippen LogP contribution in [-0.2, 0) is 0 Å². The van der Waals surface area contributed by atoms with E-state index >= 15 is 0 Å². The van der Waals surface area contributed by atoms with Crippen LogP contribution in [0, 0.1) is 13.8 Å². The number of thiazole rings is 1. The molecule has 0 aliphatic heterocycles. The molecule has 1 heterocycles. The van der Waals surface area contributed by atoms with Crippen molar-refractivity contribution in [3.05, 3.63) is 15.6 Å². The molecule has 1 aromatic rings. The smallest absolute Gasteiger partial charge is 0.271 e. The molecule has 2 N–H and O–H groups in total. The number of amides is 1. The number of aliphatic hydroxyl groups excluding tert-OH is 1. The summed E-state index contributed by atoms with van der Waals surface area (Å²) < 4.78 is 0. The number of carbonyl (C=O) groups is 1. The molecular formula is C12H18N2O2S. The molecule has 5 heteroatoms. The van der Waals surface area contributed by atoms with Gasteiger partial charge in [0.25, 0.3) is 5.91 Å². The summed E-state index contributed by atoms with van der Waals surface area (Å²) in [6, 6.07) is 0.187. The van der Waals surface area contributed by atoms with Crippen LogP contribution in [-0.4, -0.2) is 28.1 Å². The molecule has 1 fully saturated rings. The molecule has 17 heavy (non-hydrogen) atoms. The number of aryl methyl sites for hydroxylation is 2. The number of hydrogen-bond donors (Lipinski definition) is 2. The fraction of sp³-hybridized carbons (Fsp3) is 0.667. The maximum Gasteiger partial charge on any atom is 0.271 e. The van der Waals surface area contributed by atoms with E-state index in [-0.39, 0.29) is 18.1 Å². The van der Waals surface area contributed by atoms with E-state index in [1.165, 1.54) is 0 Å². The van der Waals surface area contributed by atoms with Gasteiger partial charge in [0.1, 0.15) is 5.69 Å². The Morgan fingerprint density at radius 2 is 2.00 bits per heavy atom. The number of nitrogens with zero attached hydrogens (tertiary/aromatic N) is 1. The van der Waals surface area contributed by atoms with Crippen molar-refractivity contribution in [2.75, 3.05) is 0 Å². The summed E-state index contributed by atoms with van der Waals surface area (Å²) in [6.45, 7) is 3.83. The maximum atomic E-state index is 12.0. The predicted molar refractivity (Wildman–Crippen MR) is 67.3 cm³/mol. The SMILES string of the molecule is Cc1nc(C(=O)NC2CCC(O)CC2)c(C)s1. The third kappa shape index (κ3) is 3.04. The van der Waals surface area contributed by atoms with Crippen molar-refractivity contribution < 1.29 is 9.90 Å². The minimum Gasteiger partial charge on any atom is -0.393 e. The number of hydrogen-bond acceptors (Lipinski definition) is 4. The Morgan fingerprint density at radius 3 is 2.53 bits per heavy atom. The Hall–Kier alpha value is -0.940. The van der Waals surface area contributed by atoms with Crippen LogP contribution >= 0.6 is 11.3 Å². The number of aromatic nitrogens is 1. The quantitative estimate of drug-likeness (QED) is 0.846. The highest BCUT2D eigenvalue weighted by Crippen LogP contribution is 2.20. The molecule has 0 bridgehead atoms. The summed E-state index contributed by atoms with van der Waals surface area (Å²) in [5.74, 6) is -0.0757. The Balaban J connectivity index is 1.95. The van der Waals surface area contributed by atoms with Crippen LogP contribution in [0.5, 0.6) is 0 Å². The molecule has 0 unspecified atom stereocenters. The highest BCUT2D eigenvalue weighted by molar-refractivity contribution is 7.11. The number of aliphatic hydroxyl groups is 1. The van der Waals surface area contributed by atoms with E-state index in [4.69, 9.17) is 0 Å². The Labute approximate surface area is 105 Å². The Bertz CT molecular complexity index is 409. The summed E-state index contributed by atoms with van der Waals surface area (Å²) in [5.41, 5.74) is 0.554. The molecular weight excluding hydrogens is 236 g/mol. The summed E-state index contributed by atoms with van der Waals surface area (Å²) >= 11 is 1.55. The lowest BCUT2D eigenvalue weighted by atomic mass is 9.93. The maximum absolute atomic E-state index is 12.0. The van der Waals surface area contributed by atoms with Gasteiger partial charge in [-0.15, -0.1) is 11.3 Å². The molecule has 0 radical (unpaired) electrons. The Morgan fingerprint density at radius 1 is 1.35 bits per heavy atom. The third-order valence-corrected chi connectivity index (χ3v) is 4.04. The van der Waals surface area contributed by atoms with Gasteiger partial charge in [0.2, 0.25) is 0 Å². The van der Waals surface area contributed by atoms with Crippen molar-refractivity contribution in [3.63, 3.8) is 0 Å². The molecule has 4 nitrogen and oxygen atoms in total. The van der Waals surface area contributed by atoms with Gasteiger partial charge < -0.3 is 10.4 Å². The van der Waals surface area contributed by atoms with Crippen LogP contribution in [0.25, 0.3) is 0 Å². The normalized spacial score (nSPS) is 24.6. The highest BCUT2D eigenvalue weighted by atomic mass is 32.1. The van der Waals surface area contributed by atoms with Crippen molar-refractivity contribution in [1.82, 2.24) is 10.3 Å². The minimum atomic E-state index is -0.189. The second kappa shape index (κ2) is 5.14.